The van der Waals surface area contributed by atoms with Crippen LogP contribution in [0.25, 0.3) is 0 Å². The predicted molar refractivity (Wildman–Crippen MR) is 68.4 cm³/mol. The van der Waals surface area contributed by atoms with E-state index in [-0.39, 0.29) is 12.8 Å². The Balaban J connectivity index is 2.03. The van der Waals surface area contributed by atoms with E-state index < -0.39 is 11.4 Å². The predicted octanol–water partition coefficient (Wildman–Crippen LogP) is 1.85. The van der Waals surface area contributed by atoms with Crippen molar-refractivity contribution in [2.24, 2.45) is 5.41 Å². The molecule has 5 nitrogen and oxygen atoms in total. The molecule has 19 heavy (non-hydrogen) atoms. The van der Waals surface area contributed by atoms with Crippen molar-refractivity contribution in [3.8, 4) is 11.5 Å². The lowest BCUT2D eigenvalue weighted by Crippen LogP contribution is -2.33. The minimum atomic E-state index is -0.732. The summed E-state index contributed by atoms with van der Waals surface area (Å²) in [5.74, 6) is 0.697. The lowest BCUT2D eigenvalue weighted by atomic mass is 9.87. The van der Waals surface area contributed by atoms with Gasteiger partial charge in [-0.25, -0.2) is 0 Å². The van der Waals surface area contributed by atoms with Gasteiger partial charge in [0, 0.05) is 6.04 Å². The van der Waals surface area contributed by atoms with Crippen molar-refractivity contribution >= 4 is 5.97 Å². The molecule has 1 saturated carbocycles. The maximum absolute atomic E-state index is 11.5. The topological polar surface area (TPSA) is 67.8 Å². The first-order chi connectivity index (χ1) is 9.08. The Morgan fingerprint density at radius 3 is 2.53 bits per heavy atom. The zero-order valence-corrected chi connectivity index (χ0v) is 11.0. The highest BCUT2D eigenvalue weighted by Gasteiger charge is 2.56. The van der Waals surface area contributed by atoms with Crippen molar-refractivity contribution < 1.29 is 19.4 Å². The van der Waals surface area contributed by atoms with Gasteiger partial charge in [0.25, 0.3) is 0 Å². The van der Waals surface area contributed by atoms with E-state index in [2.05, 4.69) is 5.32 Å². The molecule has 1 unspecified atom stereocenters. The molecule has 1 aromatic carbocycles. The largest absolute Gasteiger partial charge is 0.481 e. The second-order valence-electron chi connectivity index (χ2n) is 5.25. The lowest BCUT2D eigenvalue weighted by Gasteiger charge is -2.25. The van der Waals surface area contributed by atoms with E-state index in [0.29, 0.717) is 18.6 Å². The van der Waals surface area contributed by atoms with Crippen molar-refractivity contribution in [1.29, 1.82) is 0 Å². The molecule has 1 aliphatic heterocycles. The van der Waals surface area contributed by atoms with Gasteiger partial charge in [0.15, 0.2) is 11.5 Å². The van der Waals surface area contributed by atoms with E-state index in [4.69, 9.17) is 9.47 Å². The maximum atomic E-state index is 11.5. The third kappa shape index (κ3) is 1.76. The normalized spacial score (nSPS) is 20.1. The van der Waals surface area contributed by atoms with Gasteiger partial charge in [-0.05, 0) is 50.1 Å². The van der Waals surface area contributed by atoms with Gasteiger partial charge in [-0.3, -0.25) is 4.79 Å². The number of hydrogen-bond donors (Lipinski definition) is 2. The molecular formula is C14H17NO4. The Hall–Kier alpha value is -1.75. The minimum Gasteiger partial charge on any atom is -0.481 e. The highest BCUT2D eigenvalue weighted by atomic mass is 16.7. The maximum Gasteiger partial charge on any atom is 0.311 e. The van der Waals surface area contributed by atoms with Crippen LogP contribution in [0.2, 0.25) is 0 Å². The van der Waals surface area contributed by atoms with Crippen LogP contribution in [0.3, 0.4) is 0 Å². The molecule has 2 N–H and O–H groups in total. The van der Waals surface area contributed by atoms with Crippen molar-refractivity contribution in [2.45, 2.75) is 25.8 Å². The van der Waals surface area contributed by atoms with Crippen LogP contribution >= 0.6 is 0 Å². The van der Waals surface area contributed by atoms with Crippen molar-refractivity contribution in [1.82, 2.24) is 5.32 Å². The molecule has 1 heterocycles. The Labute approximate surface area is 111 Å². The second kappa shape index (κ2) is 4.13. The molecule has 0 aromatic heterocycles. The summed E-state index contributed by atoms with van der Waals surface area (Å²) in [4.78, 5) is 11.5. The molecule has 0 radical (unpaired) electrons. The van der Waals surface area contributed by atoms with Gasteiger partial charge in [0.2, 0.25) is 6.79 Å². The Bertz CT molecular complexity index is 536. The number of fused-ring (bicyclic) bond motifs is 1. The number of aryl methyl sites for hydroxylation is 1. The molecule has 0 saturated heterocycles. The molecule has 5 heteroatoms. The highest BCUT2D eigenvalue weighted by molar-refractivity contribution is 5.79. The van der Waals surface area contributed by atoms with Crippen molar-refractivity contribution in [3.63, 3.8) is 0 Å². The average molecular weight is 263 g/mol. The summed E-state index contributed by atoms with van der Waals surface area (Å²) in [7, 11) is 1.80. The van der Waals surface area contributed by atoms with Crippen LogP contribution in [0, 0.1) is 12.3 Å². The van der Waals surface area contributed by atoms with E-state index in [1.54, 1.807) is 7.05 Å². The van der Waals surface area contributed by atoms with Gasteiger partial charge in [-0.2, -0.15) is 0 Å². The monoisotopic (exact) mass is 263 g/mol. The summed E-state index contributed by atoms with van der Waals surface area (Å²) < 4.78 is 10.7. The quantitative estimate of drug-likeness (QED) is 0.867. The van der Waals surface area contributed by atoms with Crippen LogP contribution in [0.1, 0.15) is 30.0 Å². The number of carboxylic acids is 1. The number of ether oxygens (including phenoxy) is 2. The third-order valence-electron chi connectivity index (χ3n) is 4.13. The van der Waals surface area contributed by atoms with E-state index >= 15 is 0 Å². The van der Waals surface area contributed by atoms with Crippen LogP contribution in [-0.2, 0) is 4.79 Å². The average Bonchev–Trinajstić information content (AvgIpc) is 3.05. The fraction of sp³-hybridized carbons (Fsp3) is 0.500. The van der Waals surface area contributed by atoms with Gasteiger partial charge >= 0.3 is 5.97 Å². The summed E-state index contributed by atoms with van der Waals surface area (Å²) in [6.45, 7) is 2.20. The molecule has 0 spiro atoms. The molecule has 1 fully saturated rings. The zero-order chi connectivity index (χ0) is 13.6. The molecule has 1 aliphatic carbocycles. The molecule has 1 aromatic rings. The fourth-order valence-electron chi connectivity index (χ4n) is 2.86. The molecule has 3 rings (SSSR count). The van der Waals surface area contributed by atoms with Crippen molar-refractivity contribution in [3.05, 3.63) is 23.3 Å². The van der Waals surface area contributed by atoms with Crippen LogP contribution in [0.5, 0.6) is 11.5 Å². The lowest BCUT2D eigenvalue weighted by molar-refractivity contribution is -0.144. The minimum absolute atomic E-state index is 0.195. The van der Waals surface area contributed by atoms with Gasteiger partial charge < -0.3 is 19.9 Å². The Morgan fingerprint density at radius 1 is 1.37 bits per heavy atom. The summed E-state index contributed by atoms with van der Waals surface area (Å²) in [6.07, 6.45) is 1.42. The Morgan fingerprint density at radius 2 is 2.00 bits per heavy atom. The molecule has 0 amide bonds. The number of carboxylic acid groups (broad SMARTS) is 1. The summed E-state index contributed by atoms with van der Waals surface area (Å²) in [5.41, 5.74) is 1.33. The number of benzene rings is 1. The number of rotatable bonds is 4. The number of nitrogens with one attached hydrogen (secondary N) is 1. The molecule has 2 aliphatic rings. The first-order valence-corrected chi connectivity index (χ1v) is 6.39. The molecule has 102 valence electrons. The summed E-state index contributed by atoms with van der Waals surface area (Å²) in [6, 6.07) is 3.63. The first kappa shape index (κ1) is 12.3. The summed E-state index contributed by atoms with van der Waals surface area (Å²) in [5, 5.41) is 12.6. The standard InChI is InChI=1S/C14H17NO4/c1-8-5-10-11(19-7-18-10)6-9(8)12(15-2)14(3-4-14)13(16)17/h5-6,12,15H,3-4,7H2,1-2H3,(H,16,17). The first-order valence-electron chi connectivity index (χ1n) is 6.39. The SMILES string of the molecule is CNC(c1cc2c(cc1C)OCO2)C1(C(=O)O)CC1. The van der Waals surface area contributed by atoms with E-state index in [0.717, 1.165) is 16.9 Å². The Kier molecular flexibility index (Phi) is 2.67. The molecule has 0 bridgehead atoms. The van der Waals surface area contributed by atoms with Crippen LogP contribution in [-0.4, -0.2) is 24.9 Å². The second-order valence-corrected chi connectivity index (χ2v) is 5.25. The number of hydrogen-bond acceptors (Lipinski definition) is 4. The van der Waals surface area contributed by atoms with Crippen LogP contribution < -0.4 is 14.8 Å². The van der Waals surface area contributed by atoms with Crippen LogP contribution in [0.4, 0.5) is 0 Å². The number of carbonyl (C=O) groups is 1. The van der Waals surface area contributed by atoms with E-state index in [1.807, 2.05) is 19.1 Å². The number of aliphatic carboxylic acids is 1. The fourth-order valence-corrected chi connectivity index (χ4v) is 2.86. The molecule has 1 atom stereocenters. The highest BCUT2D eigenvalue weighted by Crippen LogP contribution is 2.56. The summed E-state index contributed by atoms with van der Waals surface area (Å²) >= 11 is 0. The van der Waals surface area contributed by atoms with Gasteiger partial charge in [0.05, 0.1) is 5.41 Å². The zero-order valence-electron chi connectivity index (χ0n) is 11.0. The van der Waals surface area contributed by atoms with Gasteiger partial charge in [0.1, 0.15) is 0 Å². The van der Waals surface area contributed by atoms with E-state index in [9.17, 15) is 9.90 Å². The van der Waals surface area contributed by atoms with Crippen molar-refractivity contribution in [2.75, 3.05) is 13.8 Å². The smallest absolute Gasteiger partial charge is 0.311 e. The van der Waals surface area contributed by atoms with Gasteiger partial charge in [-0.1, -0.05) is 0 Å². The van der Waals surface area contributed by atoms with Crippen LogP contribution in [0.15, 0.2) is 12.1 Å². The van der Waals surface area contributed by atoms with Gasteiger partial charge in [-0.15, -0.1) is 0 Å². The van der Waals surface area contributed by atoms with E-state index in [1.165, 1.54) is 0 Å². The molecular weight excluding hydrogens is 246 g/mol. The third-order valence-corrected chi connectivity index (χ3v) is 4.13.